The normalized spacial score (nSPS) is 26.1. The molecule has 2 fully saturated rings. The van der Waals surface area contributed by atoms with Gasteiger partial charge < -0.3 is 0 Å². The van der Waals surface area contributed by atoms with Crippen molar-refractivity contribution in [3.05, 3.63) is 0 Å². The average molecular weight is 224 g/mol. The van der Waals surface area contributed by atoms with Gasteiger partial charge >= 0.3 is 0 Å². The Morgan fingerprint density at radius 1 is 0.938 bits per heavy atom. The minimum atomic E-state index is 0.598. The monoisotopic (exact) mass is 224 g/mol. The van der Waals surface area contributed by atoms with E-state index in [1.54, 1.807) is 0 Å². The van der Waals surface area contributed by atoms with Crippen LogP contribution in [0.25, 0.3) is 0 Å². The van der Waals surface area contributed by atoms with Crippen molar-refractivity contribution in [1.82, 2.24) is 5.43 Å². The highest BCUT2D eigenvalue weighted by Gasteiger charge is 2.24. The highest BCUT2D eigenvalue weighted by atomic mass is 15.2. The Kier molecular flexibility index (Phi) is 5.11. The number of nitrogens with two attached hydrogens (primary N) is 1. The van der Waals surface area contributed by atoms with Gasteiger partial charge in [-0.3, -0.25) is 11.3 Å². The number of hydrogen-bond acceptors (Lipinski definition) is 2. The zero-order chi connectivity index (χ0) is 11.2. The Morgan fingerprint density at radius 2 is 1.56 bits per heavy atom. The average Bonchev–Trinajstić information content (AvgIpc) is 2.84. The van der Waals surface area contributed by atoms with Crippen LogP contribution in [0.5, 0.6) is 0 Å². The van der Waals surface area contributed by atoms with Crippen molar-refractivity contribution in [3.8, 4) is 0 Å². The summed E-state index contributed by atoms with van der Waals surface area (Å²) in [5.41, 5.74) is 3.10. The summed E-state index contributed by atoms with van der Waals surface area (Å²) in [7, 11) is 0. The third kappa shape index (κ3) is 3.46. The lowest BCUT2D eigenvalue weighted by atomic mass is 9.81. The van der Waals surface area contributed by atoms with Crippen molar-refractivity contribution in [3.63, 3.8) is 0 Å². The molecule has 3 N–H and O–H groups in total. The summed E-state index contributed by atoms with van der Waals surface area (Å²) in [6.07, 6.45) is 15.7. The minimum Gasteiger partial charge on any atom is -0.271 e. The first kappa shape index (κ1) is 12.4. The van der Waals surface area contributed by atoms with Gasteiger partial charge in [0.1, 0.15) is 0 Å². The molecule has 0 heterocycles. The Balaban J connectivity index is 1.70. The number of rotatable bonds is 5. The lowest BCUT2D eigenvalue weighted by molar-refractivity contribution is 0.247. The van der Waals surface area contributed by atoms with Gasteiger partial charge in [0.2, 0.25) is 0 Å². The van der Waals surface area contributed by atoms with Crippen molar-refractivity contribution in [2.45, 2.75) is 76.7 Å². The van der Waals surface area contributed by atoms with E-state index in [0.29, 0.717) is 6.04 Å². The van der Waals surface area contributed by atoms with Gasteiger partial charge in [0.25, 0.3) is 0 Å². The van der Waals surface area contributed by atoms with Gasteiger partial charge in [-0.2, -0.15) is 0 Å². The maximum Gasteiger partial charge on any atom is 0.0238 e. The third-order valence-electron chi connectivity index (χ3n) is 4.79. The fraction of sp³-hybridized carbons (Fsp3) is 1.00. The zero-order valence-electron chi connectivity index (χ0n) is 10.6. The molecule has 2 saturated carbocycles. The van der Waals surface area contributed by atoms with Crippen molar-refractivity contribution in [2.24, 2.45) is 17.7 Å². The van der Waals surface area contributed by atoms with Crippen LogP contribution in [-0.4, -0.2) is 6.04 Å². The van der Waals surface area contributed by atoms with E-state index in [4.69, 9.17) is 5.84 Å². The molecule has 2 rings (SSSR count). The highest BCUT2D eigenvalue weighted by molar-refractivity contribution is 4.79. The lowest BCUT2D eigenvalue weighted by Crippen LogP contribution is -2.41. The summed E-state index contributed by atoms with van der Waals surface area (Å²) in [5, 5.41) is 0. The van der Waals surface area contributed by atoms with Crippen LogP contribution in [0.2, 0.25) is 0 Å². The lowest BCUT2D eigenvalue weighted by Gasteiger charge is -2.30. The third-order valence-corrected chi connectivity index (χ3v) is 4.79. The molecule has 0 amide bonds. The van der Waals surface area contributed by atoms with Crippen LogP contribution in [0.1, 0.15) is 70.6 Å². The zero-order valence-corrected chi connectivity index (χ0v) is 10.6. The summed E-state index contributed by atoms with van der Waals surface area (Å²) in [6.45, 7) is 0. The predicted octanol–water partition coefficient (Wildman–Crippen LogP) is 3.37. The molecule has 2 aliphatic carbocycles. The molecule has 0 aromatic heterocycles. The van der Waals surface area contributed by atoms with E-state index < -0.39 is 0 Å². The van der Waals surface area contributed by atoms with E-state index in [1.807, 2.05) is 0 Å². The van der Waals surface area contributed by atoms with E-state index in [2.05, 4.69) is 5.43 Å². The molecule has 0 spiro atoms. The molecule has 0 aromatic carbocycles. The van der Waals surface area contributed by atoms with Gasteiger partial charge in [0.05, 0.1) is 0 Å². The Labute approximate surface area is 100 Å². The standard InChI is InChI=1S/C14H28N2/c15-16-14(13-8-2-1-3-9-13)11-10-12-6-4-5-7-12/h12-14,16H,1-11,15H2. The maximum atomic E-state index is 5.74. The van der Waals surface area contributed by atoms with Gasteiger partial charge in [-0.25, -0.2) is 0 Å². The van der Waals surface area contributed by atoms with Crippen LogP contribution in [0.3, 0.4) is 0 Å². The predicted molar refractivity (Wildman–Crippen MR) is 68.9 cm³/mol. The highest BCUT2D eigenvalue weighted by Crippen LogP contribution is 2.32. The van der Waals surface area contributed by atoms with E-state index >= 15 is 0 Å². The van der Waals surface area contributed by atoms with E-state index in [-0.39, 0.29) is 0 Å². The Hall–Kier alpha value is -0.0800. The topological polar surface area (TPSA) is 38.0 Å². The molecule has 0 aromatic rings. The largest absolute Gasteiger partial charge is 0.271 e. The van der Waals surface area contributed by atoms with E-state index in [1.165, 1.54) is 70.6 Å². The first-order valence-electron chi connectivity index (χ1n) is 7.36. The number of nitrogens with one attached hydrogen (secondary N) is 1. The second kappa shape index (κ2) is 6.61. The van der Waals surface area contributed by atoms with Crippen molar-refractivity contribution in [2.75, 3.05) is 0 Å². The van der Waals surface area contributed by atoms with Gasteiger partial charge in [-0.1, -0.05) is 44.9 Å². The van der Waals surface area contributed by atoms with E-state index in [9.17, 15) is 0 Å². The summed E-state index contributed by atoms with van der Waals surface area (Å²) in [5.74, 6) is 7.61. The first-order chi connectivity index (χ1) is 7.90. The Bertz CT molecular complexity index is 181. The van der Waals surface area contributed by atoms with Crippen LogP contribution < -0.4 is 11.3 Å². The molecule has 1 unspecified atom stereocenters. The number of hydrogen-bond donors (Lipinski definition) is 2. The molecule has 2 nitrogen and oxygen atoms in total. The first-order valence-corrected chi connectivity index (χ1v) is 7.36. The van der Waals surface area contributed by atoms with Crippen LogP contribution in [-0.2, 0) is 0 Å². The molecule has 2 aliphatic rings. The second-order valence-corrected chi connectivity index (χ2v) is 5.90. The molecule has 94 valence electrons. The van der Waals surface area contributed by atoms with Gasteiger partial charge in [0.15, 0.2) is 0 Å². The van der Waals surface area contributed by atoms with Crippen LogP contribution in [0.15, 0.2) is 0 Å². The van der Waals surface area contributed by atoms with Crippen LogP contribution >= 0.6 is 0 Å². The van der Waals surface area contributed by atoms with Crippen LogP contribution in [0.4, 0.5) is 0 Å². The maximum absolute atomic E-state index is 5.74. The summed E-state index contributed by atoms with van der Waals surface area (Å²) in [4.78, 5) is 0. The second-order valence-electron chi connectivity index (χ2n) is 5.90. The molecule has 0 bridgehead atoms. The van der Waals surface area contributed by atoms with Gasteiger partial charge in [0, 0.05) is 6.04 Å². The van der Waals surface area contributed by atoms with Crippen molar-refractivity contribution in [1.29, 1.82) is 0 Å². The van der Waals surface area contributed by atoms with Crippen LogP contribution in [0, 0.1) is 11.8 Å². The fourth-order valence-electron chi connectivity index (χ4n) is 3.71. The van der Waals surface area contributed by atoms with Gasteiger partial charge in [-0.15, -0.1) is 0 Å². The minimum absolute atomic E-state index is 0.598. The summed E-state index contributed by atoms with van der Waals surface area (Å²) >= 11 is 0. The summed E-state index contributed by atoms with van der Waals surface area (Å²) < 4.78 is 0. The molecular formula is C14H28N2. The Morgan fingerprint density at radius 3 is 2.19 bits per heavy atom. The SMILES string of the molecule is NNC(CCC1CCCC1)C1CCCCC1. The summed E-state index contributed by atoms with van der Waals surface area (Å²) in [6, 6.07) is 0.598. The van der Waals surface area contributed by atoms with Crippen molar-refractivity contribution >= 4 is 0 Å². The fourth-order valence-corrected chi connectivity index (χ4v) is 3.71. The smallest absolute Gasteiger partial charge is 0.0238 e. The quantitative estimate of drug-likeness (QED) is 0.555. The molecule has 2 heteroatoms. The molecule has 0 saturated heterocycles. The van der Waals surface area contributed by atoms with Gasteiger partial charge in [-0.05, 0) is 37.5 Å². The molecular weight excluding hydrogens is 196 g/mol. The molecule has 0 radical (unpaired) electrons. The van der Waals surface area contributed by atoms with E-state index in [0.717, 1.165) is 11.8 Å². The van der Waals surface area contributed by atoms with Crippen molar-refractivity contribution < 1.29 is 0 Å². The number of hydrazine groups is 1. The molecule has 16 heavy (non-hydrogen) atoms. The molecule has 1 atom stereocenters. The molecule has 0 aliphatic heterocycles.